The van der Waals surface area contributed by atoms with Crippen LogP contribution in [0.5, 0.6) is 23.0 Å². The van der Waals surface area contributed by atoms with Gasteiger partial charge in [-0.25, -0.2) is 0 Å². The summed E-state index contributed by atoms with van der Waals surface area (Å²) in [6.45, 7) is 0. The van der Waals surface area contributed by atoms with E-state index in [9.17, 15) is 10.5 Å². The third kappa shape index (κ3) is 4.66. The molecule has 8 heteroatoms. The lowest BCUT2D eigenvalue weighted by Gasteiger charge is -2.15. The second-order valence-electron chi connectivity index (χ2n) is 11.9. The van der Waals surface area contributed by atoms with E-state index in [1.165, 1.54) is 0 Å². The van der Waals surface area contributed by atoms with E-state index in [4.69, 9.17) is 18.9 Å². The summed E-state index contributed by atoms with van der Waals surface area (Å²) in [6.07, 6.45) is 0. The number of fused-ring (bicyclic) bond motifs is 6. The SMILES string of the molecule is COc1ccc2c(c1)c1cc(OC)ccc1n2-c1ccc(C#N)c(-c2cc(-n3c4ccc(OC)cc4c4cc(OC)ccc43)ccc2C#N)c1. The van der Waals surface area contributed by atoms with Crippen LogP contribution in [-0.4, -0.2) is 37.6 Å². The predicted molar refractivity (Wildman–Crippen MR) is 196 cm³/mol. The topological polar surface area (TPSA) is 94.4 Å². The van der Waals surface area contributed by atoms with Gasteiger partial charge in [0.25, 0.3) is 0 Å². The maximum atomic E-state index is 10.4. The third-order valence-electron chi connectivity index (χ3n) is 9.41. The van der Waals surface area contributed by atoms with E-state index in [-0.39, 0.29) is 0 Å². The van der Waals surface area contributed by atoms with Crippen LogP contribution in [0.2, 0.25) is 0 Å². The molecule has 0 saturated heterocycles. The van der Waals surface area contributed by atoms with Gasteiger partial charge in [-0.3, -0.25) is 0 Å². The van der Waals surface area contributed by atoms with Gasteiger partial charge in [-0.15, -0.1) is 0 Å². The molecule has 242 valence electrons. The lowest BCUT2D eigenvalue weighted by atomic mass is 9.95. The van der Waals surface area contributed by atoms with E-state index < -0.39 is 0 Å². The van der Waals surface area contributed by atoms with Crippen LogP contribution in [0.1, 0.15) is 11.1 Å². The Hall–Kier alpha value is -6.90. The van der Waals surface area contributed by atoms with Crippen LogP contribution in [0.3, 0.4) is 0 Å². The predicted octanol–water partition coefficient (Wildman–Crippen LogP) is 9.33. The second kappa shape index (κ2) is 12.0. The van der Waals surface area contributed by atoms with Gasteiger partial charge < -0.3 is 28.1 Å². The average Bonchev–Trinajstić information content (AvgIpc) is 3.68. The molecule has 0 bridgehead atoms. The van der Waals surface area contributed by atoms with Crippen LogP contribution in [0.15, 0.2) is 109 Å². The van der Waals surface area contributed by atoms with Crippen LogP contribution in [0.25, 0.3) is 66.1 Å². The van der Waals surface area contributed by atoms with Crippen molar-refractivity contribution < 1.29 is 18.9 Å². The van der Waals surface area contributed by atoms with Crippen molar-refractivity contribution in [1.82, 2.24) is 9.13 Å². The summed E-state index contributed by atoms with van der Waals surface area (Å²) in [6, 6.07) is 40.2. The molecule has 0 amide bonds. The first-order valence-corrected chi connectivity index (χ1v) is 15.9. The number of hydrogen-bond donors (Lipinski definition) is 0. The van der Waals surface area contributed by atoms with Crippen molar-refractivity contribution in [2.24, 2.45) is 0 Å². The fraction of sp³-hybridized carbons (Fsp3) is 0.0952. The number of aromatic nitrogens is 2. The minimum Gasteiger partial charge on any atom is -0.497 e. The standard InChI is InChI=1S/C42H30N4O4/c1-47-29-9-13-39-35(19-29)36-20-30(48-2)10-14-40(36)45(39)27-7-5-25(23-43)33(17-27)34-18-28(8-6-26(34)24-44)46-41-15-11-31(49-3)21-37(41)38-22-32(50-4)12-16-42(38)46/h5-22H,1-4H3. The molecule has 50 heavy (non-hydrogen) atoms. The number of hydrogen-bond acceptors (Lipinski definition) is 6. The van der Waals surface area contributed by atoms with Crippen molar-refractivity contribution in [3.8, 4) is 57.6 Å². The monoisotopic (exact) mass is 654 g/mol. The number of methoxy groups -OCH3 is 4. The molecular weight excluding hydrogens is 624 g/mol. The molecule has 0 spiro atoms. The van der Waals surface area contributed by atoms with Crippen LogP contribution in [0, 0.1) is 22.7 Å². The zero-order valence-electron chi connectivity index (χ0n) is 27.8. The maximum absolute atomic E-state index is 10.4. The van der Waals surface area contributed by atoms with Gasteiger partial charge in [-0.1, -0.05) is 0 Å². The molecule has 2 aromatic heterocycles. The molecule has 0 fully saturated rings. The molecular formula is C42H30N4O4. The molecule has 0 N–H and O–H groups in total. The molecule has 8 rings (SSSR count). The van der Waals surface area contributed by atoms with Gasteiger partial charge >= 0.3 is 0 Å². The van der Waals surface area contributed by atoms with Gasteiger partial charge in [0.2, 0.25) is 0 Å². The van der Waals surface area contributed by atoms with Crippen LogP contribution in [0.4, 0.5) is 0 Å². The molecule has 6 aromatic carbocycles. The minimum atomic E-state index is 0.461. The highest BCUT2D eigenvalue weighted by atomic mass is 16.5. The smallest absolute Gasteiger partial charge is 0.119 e. The summed E-state index contributed by atoms with van der Waals surface area (Å²) in [5, 5.41) is 24.7. The van der Waals surface area contributed by atoms with Crippen molar-refractivity contribution in [2.75, 3.05) is 28.4 Å². The Morgan fingerprint density at radius 2 is 0.700 bits per heavy atom. The van der Waals surface area contributed by atoms with E-state index >= 15 is 0 Å². The Morgan fingerprint density at radius 1 is 0.400 bits per heavy atom. The zero-order chi connectivity index (χ0) is 34.5. The summed E-state index contributed by atoms with van der Waals surface area (Å²) >= 11 is 0. The summed E-state index contributed by atoms with van der Waals surface area (Å²) in [7, 11) is 6.62. The molecule has 2 heterocycles. The molecule has 0 atom stereocenters. The minimum absolute atomic E-state index is 0.461. The van der Waals surface area contributed by atoms with E-state index in [0.29, 0.717) is 22.3 Å². The van der Waals surface area contributed by atoms with Crippen LogP contribution < -0.4 is 18.9 Å². The van der Waals surface area contributed by atoms with Gasteiger partial charge in [-0.05, 0) is 109 Å². The normalized spacial score (nSPS) is 11.2. The number of nitriles is 2. The fourth-order valence-corrected chi connectivity index (χ4v) is 7.01. The first kappa shape index (κ1) is 30.4. The third-order valence-corrected chi connectivity index (χ3v) is 9.41. The van der Waals surface area contributed by atoms with E-state index in [2.05, 4.69) is 21.3 Å². The summed E-state index contributed by atoms with van der Waals surface area (Å²) in [5.74, 6) is 2.99. The van der Waals surface area contributed by atoms with Crippen LogP contribution >= 0.6 is 0 Å². The summed E-state index contributed by atoms with van der Waals surface area (Å²) in [4.78, 5) is 0. The summed E-state index contributed by atoms with van der Waals surface area (Å²) in [5.41, 5.74) is 7.80. The molecule has 8 aromatic rings. The van der Waals surface area contributed by atoms with Gasteiger partial charge in [0, 0.05) is 44.0 Å². The lowest BCUT2D eigenvalue weighted by Crippen LogP contribution is -1.99. The van der Waals surface area contributed by atoms with Gasteiger partial charge in [0.1, 0.15) is 23.0 Å². The number of ether oxygens (including phenoxy) is 4. The number of nitrogens with zero attached hydrogens (tertiary/aromatic N) is 4. The van der Waals surface area contributed by atoms with E-state index in [1.54, 1.807) is 28.4 Å². The fourth-order valence-electron chi connectivity index (χ4n) is 7.01. The first-order valence-electron chi connectivity index (χ1n) is 15.9. The number of benzene rings is 6. The molecule has 0 unspecified atom stereocenters. The maximum Gasteiger partial charge on any atom is 0.119 e. The molecule has 8 nitrogen and oxygen atoms in total. The molecule has 0 aliphatic rings. The molecule has 0 aliphatic carbocycles. The van der Waals surface area contributed by atoms with E-state index in [0.717, 1.165) is 78.0 Å². The lowest BCUT2D eigenvalue weighted by molar-refractivity contribution is 0.415. The van der Waals surface area contributed by atoms with Crippen molar-refractivity contribution in [2.45, 2.75) is 0 Å². The quantitative estimate of drug-likeness (QED) is 0.170. The summed E-state index contributed by atoms with van der Waals surface area (Å²) < 4.78 is 26.6. The largest absolute Gasteiger partial charge is 0.497 e. The second-order valence-corrected chi connectivity index (χ2v) is 11.9. The highest BCUT2D eigenvalue weighted by Gasteiger charge is 2.20. The van der Waals surface area contributed by atoms with Gasteiger partial charge in [0.15, 0.2) is 0 Å². The Labute approximate surface area is 288 Å². The van der Waals surface area contributed by atoms with E-state index in [1.807, 2.05) is 109 Å². The van der Waals surface area contributed by atoms with Crippen molar-refractivity contribution in [3.63, 3.8) is 0 Å². The van der Waals surface area contributed by atoms with Crippen molar-refractivity contribution in [1.29, 1.82) is 10.5 Å². The number of rotatable bonds is 7. The Kier molecular flexibility index (Phi) is 7.28. The van der Waals surface area contributed by atoms with Crippen LogP contribution in [-0.2, 0) is 0 Å². The highest BCUT2D eigenvalue weighted by Crippen LogP contribution is 2.40. The molecule has 0 aliphatic heterocycles. The Morgan fingerprint density at radius 3 is 0.960 bits per heavy atom. The molecule has 0 radical (unpaired) electrons. The molecule has 0 saturated carbocycles. The average molecular weight is 655 g/mol. The highest BCUT2D eigenvalue weighted by molar-refractivity contribution is 6.11. The van der Waals surface area contributed by atoms with Gasteiger partial charge in [-0.2, -0.15) is 10.5 Å². The van der Waals surface area contributed by atoms with Crippen molar-refractivity contribution in [3.05, 3.63) is 120 Å². The Bertz CT molecular complexity index is 2430. The Balaban J connectivity index is 1.38. The zero-order valence-corrected chi connectivity index (χ0v) is 27.8. The van der Waals surface area contributed by atoms with Crippen molar-refractivity contribution >= 4 is 43.6 Å². The first-order chi connectivity index (χ1) is 24.5. The van der Waals surface area contributed by atoms with Gasteiger partial charge in [0.05, 0.1) is 73.8 Å².